The topological polar surface area (TPSA) is 64.0 Å². The summed E-state index contributed by atoms with van der Waals surface area (Å²) in [5.74, 6) is 0. The molecule has 0 radical (unpaired) electrons. The van der Waals surface area contributed by atoms with E-state index < -0.39 is 10.0 Å². The number of benzene rings is 2. The van der Waals surface area contributed by atoms with Crippen molar-refractivity contribution in [3.8, 4) is 0 Å². The van der Waals surface area contributed by atoms with Crippen LogP contribution >= 0.6 is 11.6 Å². The fourth-order valence-electron chi connectivity index (χ4n) is 2.45. The van der Waals surface area contributed by atoms with Gasteiger partial charge in [0.25, 0.3) is 0 Å². The molecular formula is C18H18ClN3O2S. The molecule has 0 unspecified atom stereocenters. The molecule has 3 aromatic rings. The van der Waals surface area contributed by atoms with Crippen LogP contribution in [-0.4, -0.2) is 18.2 Å². The van der Waals surface area contributed by atoms with Crippen molar-refractivity contribution in [3.05, 3.63) is 82.6 Å². The van der Waals surface area contributed by atoms with Gasteiger partial charge in [0.2, 0.25) is 10.0 Å². The molecule has 130 valence electrons. The zero-order valence-electron chi connectivity index (χ0n) is 13.7. The molecule has 25 heavy (non-hydrogen) atoms. The van der Waals surface area contributed by atoms with Gasteiger partial charge in [-0.1, -0.05) is 41.9 Å². The summed E-state index contributed by atoms with van der Waals surface area (Å²) >= 11 is 6.04. The highest BCUT2D eigenvalue weighted by Crippen LogP contribution is 2.20. The molecule has 0 saturated heterocycles. The number of nitrogens with zero attached hydrogens (tertiary/aromatic N) is 2. The van der Waals surface area contributed by atoms with Crippen LogP contribution in [-0.2, 0) is 23.1 Å². The molecular weight excluding hydrogens is 358 g/mol. The average Bonchev–Trinajstić information content (AvgIpc) is 3.09. The maximum atomic E-state index is 12.5. The van der Waals surface area contributed by atoms with Gasteiger partial charge >= 0.3 is 0 Å². The van der Waals surface area contributed by atoms with Crippen molar-refractivity contribution >= 4 is 21.6 Å². The lowest BCUT2D eigenvalue weighted by molar-refractivity contribution is 0.580. The summed E-state index contributed by atoms with van der Waals surface area (Å²) in [4.78, 5) is 0.160. The molecule has 0 atom stereocenters. The van der Waals surface area contributed by atoms with Gasteiger partial charge in [0, 0.05) is 24.0 Å². The first kappa shape index (κ1) is 17.7. The Morgan fingerprint density at radius 1 is 1.12 bits per heavy atom. The molecule has 1 heterocycles. The van der Waals surface area contributed by atoms with Crippen LogP contribution in [0.4, 0.5) is 0 Å². The van der Waals surface area contributed by atoms with Crippen molar-refractivity contribution in [2.75, 3.05) is 0 Å². The average molecular weight is 376 g/mol. The lowest BCUT2D eigenvalue weighted by Crippen LogP contribution is -2.24. The Morgan fingerprint density at radius 2 is 1.88 bits per heavy atom. The number of aromatic nitrogens is 2. The maximum Gasteiger partial charge on any atom is 0.240 e. The van der Waals surface area contributed by atoms with Gasteiger partial charge in [0.15, 0.2) is 0 Å². The Morgan fingerprint density at radius 3 is 2.56 bits per heavy atom. The number of sulfonamides is 1. The van der Waals surface area contributed by atoms with E-state index in [1.807, 2.05) is 43.5 Å². The quantitative estimate of drug-likeness (QED) is 0.718. The van der Waals surface area contributed by atoms with Gasteiger partial charge < -0.3 is 0 Å². The molecule has 5 nitrogen and oxygen atoms in total. The number of halogens is 1. The number of aryl methyl sites for hydroxylation is 1. The summed E-state index contributed by atoms with van der Waals surface area (Å²) in [6.45, 7) is 2.62. The Hall–Kier alpha value is -2.15. The van der Waals surface area contributed by atoms with Crippen LogP contribution in [0.25, 0.3) is 0 Å². The largest absolute Gasteiger partial charge is 0.268 e. The van der Waals surface area contributed by atoms with E-state index in [-0.39, 0.29) is 11.4 Å². The third kappa shape index (κ3) is 4.28. The smallest absolute Gasteiger partial charge is 0.240 e. The van der Waals surface area contributed by atoms with E-state index in [1.165, 1.54) is 6.07 Å². The normalized spacial score (nSPS) is 11.6. The van der Waals surface area contributed by atoms with Crippen molar-refractivity contribution in [2.45, 2.75) is 24.9 Å². The summed E-state index contributed by atoms with van der Waals surface area (Å²) in [5.41, 5.74) is 2.75. The van der Waals surface area contributed by atoms with Gasteiger partial charge in [0.1, 0.15) is 0 Å². The summed E-state index contributed by atoms with van der Waals surface area (Å²) in [7, 11) is -3.63. The fourth-order valence-corrected chi connectivity index (χ4v) is 3.73. The Labute approximate surface area is 152 Å². The number of rotatable bonds is 6. The van der Waals surface area contributed by atoms with Crippen LogP contribution in [0, 0.1) is 6.92 Å². The van der Waals surface area contributed by atoms with Crippen molar-refractivity contribution in [1.29, 1.82) is 0 Å². The molecule has 0 amide bonds. The van der Waals surface area contributed by atoms with E-state index in [0.717, 1.165) is 16.7 Å². The highest BCUT2D eigenvalue weighted by molar-refractivity contribution is 7.89. The van der Waals surface area contributed by atoms with E-state index in [1.54, 1.807) is 23.0 Å². The molecule has 0 saturated carbocycles. The summed E-state index contributed by atoms with van der Waals surface area (Å²) in [6.07, 6.45) is 3.59. The van der Waals surface area contributed by atoms with Crippen LogP contribution in [0.15, 0.2) is 65.8 Å². The molecule has 0 bridgehead atoms. The molecule has 7 heteroatoms. The zero-order chi connectivity index (χ0) is 17.9. The van der Waals surface area contributed by atoms with Crippen LogP contribution in [0.5, 0.6) is 0 Å². The van der Waals surface area contributed by atoms with Crippen molar-refractivity contribution in [1.82, 2.24) is 14.5 Å². The lowest BCUT2D eigenvalue weighted by Gasteiger charge is -2.12. The van der Waals surface area contributed by atoms with Crippen molar-refractivity contribution in [2.24, 2.45) is 0 Å². The molecule has 0 aliphatic heterocycles. The first-order valence-electron chi connectivity index (χ1n) is 7.76. The SMILES string of the molecule is Cc1ccc(S(=O)(=O)NCc2ccccc2Cn2cccn2)cc1Cl. The molecule has 0 spiro atoms. The van der Waals surface area contributed by atoms with Gasteiger partial charge in [-0.15, -0.1) is 0 Å². The molecule has 0 fully saturated rings. The second-order valence-electron chi connectivity index (χ2n) is 5.71. The maximum absolute atomic E-state index is 12.5. The molecule has 2 aromatic carbocycles. The van der Waals surface area contributed by atoms with E-state index in [4.69, 9.17) is 11.6 Å². The van der Waals surface area contributed by atoms with E-state index in [0.29, 0.717) is 11.6 Å². The minimum absolute atomic E-state index is 0.160. The molecule has 1 N–H and O–H groups in total. The summed E-state index contributed by atoms with van der Waals surface area (Å²) < 4.78 is 29.5. The first-order valence-corrected chi connectivity index (χ1v) is 9.62. The molecule has 1 aromatic heterocycles. The number of nitrogens with one attached hydrogen (secondary N) is 1. The van der Waals surface area contributed by atoms with Gasteiger partial charge in [-0.3, -0.25) is 4.68 Å². The minimum Gasteiger partial charge on any atom is -0.268 e. The molecule has 3 rings (SSSR count). The van der Waals surface area contributed by atoms with E-state index in [9.17, 15) is 8.42 Å². The van der Waals surface area contributed by atoms with Crippen LogP contribution < -0.4 is 4.72 Å². The molecule has 0 aliphatic rings. The lowest BCUT2D eigenvalue weighted by atomic mass is 10.1. The highest BCUT2D eigenvalue weighted by Gasteiger charge is 2.15. The molecule has 0 aliphatic carbocycles. The predicted octanol–water partition coefficient (Wildman–Crippen LogP) is 3.37. The Balaban J connectivity index is 1.78. The van der Waals surface area contributed by atoms with Crippen molar-refractivity contribution < 1.29 is 8.42 Å². The van der Waals surface area contributed by atoms with Gasteiger partial charge in [0.05, 0.1) is 11.4 Å². The predicted molar refractivity (Wildman–Crippen MR) is 98.0 cm³/mol. The number of hydrogen-bond donors (Lipinski definition) is 1. The van der Waals surface area contributed by atoms with Crippen LogP contribution in [0.1, 0.15) is 16.7 Å². The first-order chi connectivity index (χ1) is 12.0. The monoisotopic (exact) mass is 375 g/mol. The summed E-state index contributed by atoms with van der Waals surface area (Å²) in [6, 6.07) is 14.3. The highest BCUT2D eigenvalue weighted by atomic mass is 35.5. The fraction of sp³-hybridized carbons (Fsp3) is 0.167. The second-order valence-corrected chi connectivity index (χ2v) is 7.88. The van der Waals surface area contributed by atoms with Gasteiger partial charge in [-0.2, -0.15) is 5.10 Å². The minimum atomic E-state index is -3.63. The van der Waals surface area contributed by atoms with E-state index in [2.05, 4.69) is 9.82 Å². The van der Waals surface area contributed by atoms with Crippen LogP contribution in [0.3, 0.4) is 0 Å². The third-order valence-corrected chi connectivity index (χ3v) is 5.72. The summed E-state index contributed by atoms with van der Waals surface area (Å²) in [5, 5.41) is 4.62. The Kier molecular flexibility index (Phi) is 5.22. The zero-order valence-corrected chi connectivity index (χ0v) is 15.3. The van der Waals surface area contributed by atoms with E-state index >= 15 is 0 Å². The van der Waals surface area contributed by atoms with Crippen molar-refractivity contribution in [3.63, 3.8) is 0 Å². The van der Waals surface area contributed by atoms with Crippen LogP contribution in [0.2, 0.25) is 5.02 Å². The number of hydrogen-bond acceptors (Lipinski definition) is 3. The standard InChI is InChI=1S/C18H18ClN3O2S/c1-14-7-8-17(11-18(14)19)25(23,24)21-12-15-5-2-3-6-16(15)13-22-10-4-9-20-22/h2-11,21H,12-13H2,1H3. The Bertz CT molecular complexity index is 970. The van der Waals surface area contributed by atoms with Gasteiger partial charge in [-0.05, 0) is 41.8 Å². The van der Waals surface area contributed by atoms with Gasteiger partial charge in [-0.25, -0.2) is 13.1 Å². The second kappa shape index (κ2) is 7.39. The third-order valence-electron chi connectivity index (χ3n) is 3.92.